The van der Waals surface area contributed by atoms with Gasteiger partial charge in [0.05, 0.1) is 5.69 Å². The molecule has 10 rings (SSSR count). The molecule has 0 unspecified atom stereocenters. The molecular weight excluding hydrogens is 635 g/mol. The lowest BCUT2D eigenvalue weighted by molar-refractivity contribution is 0.660. The topological polar surface area (TPSA) is 3.24 Å². The second-order valence-corrected chi connectivity index (χ2v) is 15.3. The Kier molecular flexibility index (Phi) is 6.78. The first-order valence-corrected chi connectivity index (χ1v) is 18.5. The highest BCUT2D eigenvalue weighted by atomic mass is 32.1. The Morgan fingerprint density at radius 3 is 1.76 bits per heavy atom. The molecule has 1 aliphatic rings. The molecule has 1 aromatic heterocycles. The molecule has 2 heteroatoms. The molecule has 0 bridgehead atoms. The SMILES string of the molecule is CC1(C)c2ccccc2-c2cc(-c3ccc(N(c4ccc(-c5ccc6sc7ccccc7c6c5)cc4)c4cccc5ccccc45)cc3)ccc21. The number of hydrogen-bond donors (Lipinski definition) is 0. The highest BCUT2D eigenvalue weighted by molar-refractivity contribution is 7.25. The lowest BCUT2D eigenvalue weighted by Crippen LogP contribution is -2.14. The van der Waals surface area contributed by atoms with Crippen LogP contribution in [0, 0.1) is 0 Å². The number of anilines is 3. The van der Waals surface area contributed by atoms with E-state index in [4.69, 9.17) is 0 Å². The second-order valence-electron chi connectivity index (χ2n) is 14.2. The van der Waals surface area contributed by atoms with Crippen molar-refractivity contribution in [2.24, 2.45) is 0 Å². The van der Waals surface area contributed by atoms with Gasteiger partial charge < -0.3 is 4.90 Å². The van der Waals surface area contributed by atoms with Gasteiger partial charge in [-0.3, -0.25) is 0 Å². The molecule has 0 spiro atoms. The molecule has 1 aliphatic carbocycles. The quantitative estimate of drug-likeness (QED) is 0.176. The predicted molar refractivity (Wildman–Crippen MR) is 220 cm³/mol. The summed E-state index contributed by atoms with van der Waals surface area (Å²) in [5, 5.41) is 5.11. The molecule has 0 N–H and O–H groups in total. The van der Waals surface area contributed by atoms with Gasteiger partial charge in [0.1, 0.15) is 0 Å². The Morgan fingerprint density at radius 1 is 0.412 bits per heavy atom. The van der Waals surface area contributed by atoms with Gasteiger partial charge in [-0.15, -0.1) is 11.3 Å². The summed E-state index contributed by atoms with van der Waals surface area (Å²) in [4.78, 5) is 2.40. The van der Waals surface area contributed by atoms with Gasteiger partial charge in [-0.05, 0) is 104 Å². The van der Waals surface area contributed by atoms with E-state index < -0.39 is 0 Å². The van der Waals surface area contributed by atoms with Gasteiger partial charge in [-0.2, -0.15) is 0 Å². The molecule has 0 aliphatic heterocycles. The monoisotopic (exact) mass is 669 g/mol. The highest BCUT2D eigenvalue weighted by Crippen LogP contribution is 2.50. The minimum absolute atomic E-state index is 0.00779. The van der Waals surface area contributed by atoms with E-state index >= 15 is 0 Å². The van der Waals surface area contributed by atoms with Crippen molar-refractivity contribution in [3.8, 4) is 33.4 Å². The maximum Gasteiger partial charge on any atom is 0.0540 e. The fraction of sp³-hybridized carbons (Fsp3) is 0.0612. The zero-order chi connectivity index (χ0) is 34.1. The summed E-state index contributed by atoms with van der Waals surface area (Å²) in [6.45, 7) is 4.68. The largest absolute Gasteiger partial charge is 0.310 e. The van der Waals surface area contributed by atoms with Crippen LogP contribution in [0.1, 0.15) is 25.0 Å². The average molecular weight is 670 g/mol. The van der Waals surface area contributed by atoms with Crippen LogP contribution in [0.25, 0.3) is 64.3 Å². The summed E-state index contributed by atoms with van der Waals surface area (Å²) < 4.78 is 2.66. The van der Waals surface area contributed by atoms with Crippen LogP contribution in [0.5, 0.6) is 0 Å². The summed E-state index contributed by atoms with van der Waals surface area (Å²) in [7, 11) is 0. The zero-order valence-electron chi connectivity index (χ0n) is 28.6. The lowest BCUT2D eigenvalue weighted by atomic mass is 9.82. The van der Waals surface area contributed by atoms with Crippen molar-refractivity contribution in [3.63, 3.8) is 0 Å². The second kappa shape index (κ2) is 11.6. The van der Waals surface area contributed by atoms with Crippen LogP contribution < -0.4 is 4.90 Å². The molecule has 8 aromatic carbocycles. The molecule has 51 heavy (non-hydrogen) atoms. The first-order chi connectivity index (χ1) is 25.0. The van der Waals surface area contributed by atoms with Gasteiger partial charge in [-0.1, -0.05) is 135 Å². The number of fused-ring (bicyclic) bond motifs is 7. The van der Waals surface area contributed by atoms with Gasteiger partial charge in [0.25, 0.3) is 0 Å². The molecule has 9 aromatic rings. The minimum Gasteiger partial charge on any atom is -0.310 e. The normalized spacial score (nSPS) is 13.1. The number of hydrogen-bond acceptors (Lipinski definition) is 2. The molecule has 242 valence electrons. The highest BCUT2D eigenvalue weighted by Gasteiger charge is 2.35. The van der Waals surface area contributed by atoms with E-state index in [1.165, 1.54) is 75.5 Å². The van der Waals surface area contributed by atoms with E-state index in [2.05, 4.69) is 195 Å². The molecule has 0 amide bonds. The summed E-state index contributed by atoms with van der Waals surface area (Å²) >= 11 is 1.86. The Morgan fingerprint density at radius 2 is 0.980 bits per heavy atom. The fourth-order valence-electron chi connectivity index (χ4n) is 8.24. The Hall–Kier alpha value is -5.96. The molecular formula is C49H35NS. The van der Waals surface area contributed by atoms with E-state index in [1.54, 1.807) is 0 Å². The van der Waals surface area contributed by atoms with Gasteiger partial charge in [0, 0.05) is 42.3 Å². The van der Waals surface area contributed by atoms with Crippen molar-refractivity contribution in [2.45, 2.75) is 19.3 Å². The molecule has 0 fully saturated rings. The van der Waals surface area contributed by atoms with Crippen LogP contribution in [-0.2, 0) is 5.41 Å². The summed E-state index contributed by atoms with van der Waals surface area (Å²) in [5.74, 6) is 0. The van der Waals surface area contributed by atoms with Crippen LogP contribution in [0.3, 0.4) is 0 Å². The maximum atomic E-state index is 2.40. The van der Waals surface area contributed by atoms with Crippen LogP contribution >= 0.6 is 11.3 Å². The van der Waals surface area contributed by atoms with Crippen molar-refractivity contribution in [2.75, 3.05) is 4.90 Å². The van der Waals surface area contributed by atoms with E-state index in [9.17, 15) is 0 Å². The molecule has 1 nitrogen and oxygen atoms in total. The third kappa shape index (κ3) is 4.82. The van der Waals surface area contributed by atoms with Crippen molar-refractivity contribution < 1.29 is 0 Å². The Balaban J connectivity index is 1.05. The molecule has 1 heterocycles. The van der Waals surface area contributed by atoms with E-state index in [0.29, 0.717) is 0 Å². The predicted octanol–water partition coefficient (Wildman–Crippen LogP) is 14.3. The van der Waals surface area contributed by atoms with E-state index in [-0.39, 0.29) is 5.41 Å². The van der Waals surface area contributed by atoms with Crippen molar-refractivity contribution in [1.29, 1.82) is 0 Å². The number of rotatable bonds is 5. The molecule has 0 saturated carbocycles. The zero-order valence-corrected chi connectivity index (χ0v) is 29.4. The van der Waals surface area contributed by atoms with Gasteiger partial charge in [0.15, 0.2) is 0 Å². The van der Waals surface area contributed by atoms with Crippen LogP contribution in [0.15, 0.2) is 176 Å². The Bertz CT molecular complexity index is 2760. The van der Waals surface area contributed by atoms with Crippen molar-refractivity contribution in [1.82, 2.24) is 0 Å². The summed E-state index contributed by atoms with van der Waals surface area (Å²) in [6, 6.07) is 64.9. The van der Waals surface area contributed by atoms with Crippen molar-refractivity contribution >= 4 is 59.3 Å². The summed E-state index contributed by atoms with van der Waals surface area (Å²) in [6.07, 6.45) is 0. The maximum absolute atomic E-state index is 2.40. The average Bonchev–Trinajstić information content (AvgIpc) is 3.67. The summed E-state index contributed by atoms with van der Waals surface area (Å²) in [5.41, 5.74) is 13.8. The standard InChI is InChI=1S/C49H35NS/c1-49(2)44-15-7-5-13-40(44)42-30-35(22-28-45(42)49)32-18-24-37(25-19-32)50(46-16-9-11-34-10-3-4-12-39(34)46)38-26-20-33(21-27-38)36-23-29-48-43(31-36)41-14-6-8-17-47(41)51-48/h3-31H,1-2H3. The van der Waals surface area contributed by atoms with Crippen LogP contribution in [0.2, 0.25) is 0 Å². The third-order valence-corrected chi connectivity index (χ3v) is 12.0. The Labute approximate surface area is 302 Å². The van der Waals surface area contributed by atoms with Gasteiger partial charge in [-0.25, -0.2) is 0 Å². The van der Waals surface area contributed by atoms with E-state index in [0.717, 1.165) is 17.1 Å². The van der Waals surface area contributed by atoms with Gasteiger partial charge in [0.2, 0.25) is 0 Å². The number of nitrogens with zero attached hydrogens (tertiary/aromatic N) is 1. The first kappa shape index (κ1) is 29.9. The molecule has 0 radical (unpaired) electrons. The van der Waals surface area contributed by atoms with Gasteiger partial charge >= 0.3 is 0 Å². The van der Waals surface area contributed by atoms with E-state index in [1.807, 2.05) is 11.3 Å². The number of benzene rings is 8. The smallest absolute Gasteiger partial charge is 0.0540 e. The minimum atomic E-state index is 0.00779. The number of thiophene rings is 1. The molecule has 0 saturated heterocycles. The third-order valence-electron chi connectivity index (χ3n) is 10.9. The lowest BCUT2D eigenvalue weighted by Gasteiger charge is -2.27. The fourth-order valence-corrected chi connectivity index (χ4v) is 9.33. The van der Waals surface area contributed by atoms with Crippen LogP contribution in [0.4, 0.5) is 17.1 Å². The molecule has 0 atom stereocenters. The van der Waals surface area contributed by atoms with Crippen LogP contribution in [-0.4, -0.2) is 0 Å². The van der Waals surface area contributed by atoms with Crippen molar-refractivity contribution in [3.05, 3.63) is 187 Å². The first-order valence-electron chi connectivity index (χ1n) is 17.7.